The van der Waals surface area contributed by atoms with E-state index in [-0.39, 0.29) is 0 Å². The summed E-state index contributed by atoms with van der Waals surface area (Å²) in [5.74, 6) is 0.705. The smallest absolute Gasteiger partial charge is 0.160 e. The third-order valence-electron chi connectivity index (χ3n) is 8.40. The maximum absolute atomic E-state index is 6.32. The second kappa shape index (κ2) is 9.79. The molecule has 9 aromatic rings. The van der Waals surface area contributed by atoms with Crippen LogP contribution in [0.1, 0.15) is 0 Å². The lowest BCUT2D eigenvalue weighted by molar-refractivity contribution is 0.669. The fraction of sp³-hybridized carbons (Fsp3) is 0. The molecule has 0 bridgehead atoms. The first-order valence-electron chi connectivity index (χ1n) is 14.8. The van der Waals surface area contributed by atoms with Gasteiger partial charge in [-0.15, -0.1) is 0 Å². The lowest BCUT2D eigenvalue weighted by Crippen LogP contribution is -1.97. The van der Waals surface area contributed by atoms with Crippen molar-refractivity contribution in [3.05, 3.63) is 152 Å². The number of furan rings is 1. The number of hydrogen-bond donors (Lipinski definition) is 0. The van der Waals surface area contributed by atoms with Crippen LogP contribution in [0.5, 0.6) is 0 Å². The number of para-hydroxylation sites is 2. The van der Waals surface area contributed by atoms with E-state index in [1.54, 1.807) is 0 Å². The molecule has 4 nitrogen and oxygen atoms in total. The summed E-state index contributed by atoms with van der Waals surface area (Å²) in [7, 11) is 0. The van der Waals surface area contributed by atoms with Gasteiger partial charge in [0, 0.05) is 50.0 Å². The zero-order valence-electron chi connectivity index (χ0n) is 23.7. The van der Waals surface area contributed by atoms with Crippen LogP contribution in [-0.2, 0) is 0 Å². The van der Waals surface area contributed by atoms with Crippen LogP contribution in [-0.4, -0.2) is 14.5 Å². The predicted molar refractivity (Wildman–Crippen MR) is 180 cm³/mol. The van der Waals surface area contributed by atoms with Crippen LogP contribution >= 0.6 is 0 Å². The van der Waals surface area contributed by atoms with E-state index in [4.69, 9.17) is 14.4 Å². The molecule has 0 aliphatic carbocycles. The molecule has 44 heavy (non-hydrogen) atoms. The van der Waals surface area contributed by atoms with Gasteiger partial charge in [0.05, 0.1) is 22.4 Å². The summed E-state index contributed by atoms with van der Waals surface area (Å²) in [5, 5.41) is 4.67. The van der Waals surface area contributed by atoms with Gasteiger partial charge in [-0.1, -0.05) is 109 Å². The second-order valence-corrected chi connectivity index (χ2v) is 11.1. The van der Waals surface area contributed by atoms with Gasteiger partial charge in [-0.05, 0) is 36.4 Å². The highest BCUT2D eigenvalue weighted by molar-refractivity contribution is 6.17. The Morgan fingerprint density at radius 1 is 0.409 bits per heavy atom. The van der Waals surface area contributed by atoms with Crippen LogP contribution in [0, 0.1) is 0 Å². The topological polar surface area (TPSA) is 43.9 Å². The molecule has 206 valence electrons. The minimum absolute atomic E-state index is 0.705. The Kier molecular flexibility index (Phi) is 5.47. The highest BCUT2D eigenvalue weighted by Crippen LogP contribution is 2.39. The van der Waals surface area contributed by atoms with Crippen molar-refractivity contribution in [1.29, 1.82) is 0 Å². The molecular weight excluding hydrogens is 538 g/mol. The first kappa shape index (κ1) is 24.6. The fourth-order valence-corrected chi connectivity index (χ4v) is 6.34. The van der Waals surface area contributed by atoms with Crippen molar-refractivity contribution < 1.29 is 4.42 Å². The van der Waals surface area contributed by atoms with E-state index in [9.17, 15) is 0 Å². The molecule has 3 heterocycles. The SMILES string of the molecule is c1ccc(-c2cc(-c3cccc(-n4c5ccccc5c5cc6c(cc54)oc4ccccc46)c3)nc(-c3ccccc3)n2)cc1. The summed E-state index contributed by atoms with van der Waals surface area (Å²) < 4.78 is 8.65. The summed E-state index contributed by atoms with van der Waals surface area (Å²) >= 11 is 0. The number of hydrogen-bond acceptors (Lipinski definition) is 3. The molecule has 0 atom stereocenters. The van der Waals surface area contributed by atoms with Gasteiger partial charge in [0.25, 0.3) is 0 Å². The van der Waals surface area contributed by atoms with Crippen molar-refractivity contribution in [2.75, 3.05) is 0 Å². The lowest BCUT2D eigenvalue weighted by atomic mass is 10.1. The van der Waals surface area contributed by atoms with Crippen LogP contribution < -0.4 is 0 Å². The molecule has 0 aliphatic rings. The third-order valence-corrected chi connectivity index (χ3v) is 8.40. The van der Waals surface area contributed by atoms with Gasteiger partial charge in [-0.25, -0.2) is 9.97 Å². The molecule has 0 unspecified atom stereocenters. The highest BCUT2D eigenvalue weighted by atomic mass is 16.3. The molecule has 0 spiro atoms. The summed E-state index contributed by atoms with van der Waals surface area (Å²) in [6, 6.07) is 52.5. The van der Waals surface area contributed by atoms with Gasteiger partial charge in [-0.3, -0.25) is 0 Å². The molecular formula is C40H25N3O. The van der Waals surface area contributed by atoms with E-state index >= 15 is 0 Å². The minimum Gasteiger partial charge on any atom is -0.456 e. The van der Waals surface area contributed by atoms with Gasteiger partial charge < -0.3 is 8.98 Å². The number of benzene rings is 6. The number of nitrogens with zero attached hydrogens (tertiary/aromatic N) is 3. The fourth-order valence-electron chi connectivity index (χ4n) is 6.34. The second-order valence-electron chi connectivity index (χ2n) is 11.1. The van der Waals surface area contributed by atoms with E-state index in [2.05, 4.69) is 108 Å². The standard InChI is InChI=1S/C40H25N3O/c1-3-12-26(13-4-1)34-24-35(42-40(41-34)27-14-5-2-6-15-27)28-16-11-17-29(22-28)43-36-20-9-7-18-30(36)32-23-33-31-19-8-10-21-38(31)44-39(33)25-37(32)43/h1-25H. The molecule has 0 fully saturated rings. The van der Waals surface area contributed by atoms with Gasteiger partial charge >= 0.3 is 0 Å². The molecule has 6 aromatic carbocycles. The summed E-state index contributed by atoms with van der Waals surface area (Å²) in [4.78, 5) is 10.1. The van der Waals surface area contributed by atoms with Crippen molar-refractivity contribution in [1.82, 2.24) is 14.5 Å². The molecule has 9 rings (SSSR count). The number of fused-ring (bicyclic) bond motifs is 6. The Bertz CT molecular complexity index is 2430. The van der Waals surface area contributed by atoms with Crippen molar-refractivity contribution >= 4 is 43.7 Å². The normalized spacial score (nSPS) is 11.6. The molecule has 3 aromatic heterocycles. The lowest BCUT2D eigenvalue weighted by Gasteiger charge is -2.12. The maximum Gasteiger partial charge on any atom is 0.160 e. The largest absolute Gasteiger partial charge is 0.456 e. The third kappa shape index (κ3) is 3.92. The Hall–Kier alpha value is -6.00. The van der Waals surface area contributed by atoms with Crippen molar-refractivity contribution in [2.24, 2.45) is 0 Å². The van der Waals surface area contributed by atoms with Crippen LogP contribution in [0.4, 0.5) is 0 Å². The highest BCUT2D eigenvalue weighted by Gasteiger charge is 2.17. The molecule has 0 aliphatic heterocycles. The number of aromatic nitrogens is 3. The Labute approximate surface area is 253 Å². The maximum atomic E-state index is 6.32. The van der Waals surface area contributed by atoms with E-state index in [0.29, 0.717) is 5.82 Å². The predicted octanol–water partition coefficient (Wildman–Crippen LogP) is 10.5. The van der Waals surface area contributed by atoms with Crippen LogP contribution in [0.2, 0.25) is 0 Å². The van der Waals surface area contributed by atoms with E-state index < -0.39 is 0 Å². The Balaban J connectivity index is 1.27. The Morgan fingerprint density at radius 2 is 1.07 bits per heavy atom. The zero-order valence-corrected chi connectivity index (χ0v) is 23.7. The van der Waals surface area contributed by atoms with E-state index in [0.717, 1.165) is 66.7 Å². The van der Waals surface area contributed by atoms with Crippen LogP contribution in [0.15, 0.2) is 156 Å². The van der Waals surface area contributed by atoms with E-state index in [1.807, 2.05) is 48.5 Å². The van der Waals surface area contributed by atoms with E-state index in [1.165, 1.54) is 10.8 Å². The van der Waals surface area contributed by atoms with Crippen molar-refractivity contribution in [3.63, 3.8) is 0 Å². The number of rotatable bonds is 4. The average Bonchev–Trinajstić information content (AvgIpc) is 3.62. The minimum atomic E-state index is 0.705. The van der Waals surface area contributed by atoms with Gasteiger partial charge in [0.2, 0.25) is 0 Å². The molecule has 0 saturated carbocycles. The molecule has 0 saturated heterocycles. The molecule has 0 N–H and O–H groups in total. The van der Waals surface area contributed by atoms with Crippen molar-refractivity contribution in [3.8, 4) is 39.6 Å². The first-order valence-corrected chi connectivity index (χ1v) is 14.8. The Morgan fingerprint density at radius 3 is 1.89 bits per heavy atom. The first-order chi connectivity index (χ1) is 21.8. The van der Waals surface area contributed by atoms with Crippen LogP contribution in [0.3, 0.4) is 0 Å². The van der Waals surface area contributed by atoms with Crippen molar-refractivity contribution in [2.45, 2.75) is 0 Å². The quantitative estimate of drug-likeness (QED) is 0.214. The summed E-state index contributed by atoms with van der Waals surface area (Å²) in [6.45, 7) is 0. The average molecular weight is 564 g/mol. The molecule has 0 radical (unpaired) electrons. The van der Waals surface area contributed by atoms with Crippen LogP contribution in [0.25, 0.3) is 83.3 Å². The summed E-state index contributed by atoms with van der Waals surface area (Å²) in [5.41, 5.74) is 9.93. The molecule has 0 amide bonds. The van der Waals surface area contributed by atoms with Gasteiger partial charge in [0.1, 0.15) is 11.2 Å². The molecule has 4 heteroatoms. The monoisotopic (exact) mass is 563 g/mol. The van der Waals surface area contributed by atoms with Gasteiger partial charge in [0.15, 0.2) is 5.82 Å². The zero-order chi connectivity index (χ0) is 29.0. The van der Waals surface area contributed by atoms with Gasteiger partial charge in [-0.2, -0.15) is 0 Å². The summed E-state index contributed by atoms with van der Waals surface area (Å²) in [6.07, 6.45) is 0.